The maximum Gasteiger partial charge on any atom is 0.332 e. The van der Waals surface area contributed by atoms with Gasteiger partial charge in [-0.1, -0.05) is 29.4 Å². The van der Waals surface area contributed by atoms with Gasteiger partial charge in [0.1, 0.15) is 0 Å². The van der Waals surface area contributed by atoms with Gasteiger partial charge in [-0.25, -0.2) is 10.2 Å². The number of hydrogen-bond donors (Lipinski definition) is 2. The Morgan fingerprint density at radius 1 is 1.29 bits per heavy atom. The molecule has 0 aliphatic carbocycles. The van der Waals surface area contributed by atoms with Crippen LogP contribution in [0.2, 0.25) is 5.02 Å². The molecule has 0 heterocycles. The molecule has 124 valence electrons. The average Bonchev–Trinajstić information content (AvgIpc) is 2.54. The van der Waals surface area contributed by atoms with Crippen molar-refractivity contribution in [1.82, 2.24) is 5.43 Å². The van der Waals surface area contributed by atoms with Crippen LogP contribution in [-0.2, 0) is 0 Å². The van der Waals surface area contributed by atoms with Crippen LogP contribution in [0.15, 0.2) is 57.4 Å². The summed E-state index contributed by atoms with van der Waals surface area (Å²) in [6, 6.07) is 10.9. The second-order valence-electron chi connectivity index (χ2n) is 4.67. The number of halogens is 1. The zero-order valence-electron chi connectivity index (χ0n) is 12.5. The summed E-state index contributed by atoms with van der Waals surface area (Å²) in [5, 5.41) is 15.7. The summed E-state index contributed by atoms with van der Waals surface area (Å²) in [5.74, 6) is 0. The maximum absolute atomic E-state index is 11.3. The summed E-state index contributed by atoms with van der Waals surface area (Å²) in [6.07, 6.45) is 0. The van der Waals surface area contributed by atoms with Gasteiger partial charge in [-0.3, -0.25) is 10.1 Å². The van der Waals surface area contributed by atoms with Crippen molar-refractivity contribution < 1.29 is 9.72 Å². The third-order valence-corrected chi connectivity index (χ3v) is 4.27. The molecule has 0 unspecified atom stereocenters. The minimum atomic E-state index is -0.807. The van der Waals surface area contributed by atoms with Gasteiger partial charge in [0.25, 0.3) is 5.69 Å². The number of hydrazone groups is 1. The van der Waals surface area contributed by atoms with E-state index in [0.29, 0.717) is 21.2 Å². The first-order chi connectivity index (χ1) is 11.4. The lowest BCUT2D eigenvalue weighted by Gasteiger charge is -2.06. The van der Waals surface area contributed by atoms with Gasteiger partial charge in [-0.2, -0.15) is 5.10 Å². The third-order valence-electron chi connectivity index (χ3n) is 2.95. The first-order valence-electron chi connectivity index (χ1n) is 6.69. The van der Waals surface area contributed by atoms with E-state index < -0.39 is 11.0 Å². The van der Waals surface area contributed by atoms with E-state index in [0.717, 1.165) is 4.90 Å². The molecule has 2 amide bonds. The van der Waals surface area contributed by atoms with Crippen LogP contribution in [0.25, 0.3) is 0 Å². The van der Waals surface area contributed by atoms with Crippen molar-refractivity contribution in [2.75, 3.05) is 0 Å². The summed E-state index contributed by atoms with van der Waals surface area (Å²) >= 11 is 7.09. The molecule has 2 aromatic carbocycles. The van der Waals surface area contributed by atoms with Gasteiger partial charge < -0.3 is 5.73 Å². The molecular weight excluding hydrogens is 352 g/mol. The minimum Gasteiger partial charge on any atom is -0.350 e. The summed E-state index contributed by atoms with van der Waals surface area (Å²) in [4.78, 5) is 22.9. The van der Waals surface area contributed by atoms with Crippen LogP contribution in [0.3, 0.4) is 0 Å². The van der Waals surface area contributed by atoms with Crippen LogP contribution in [0.5, 0.6) is 0 Å². The number of nitrogens with zero attached hydrogens (tertiary/aromatic N) is 2. The number of rotatable bonds is 5. The number of nitro benzene ring substituents is 1. The number of nitrogens with one attached hydrogen (secondary N) is 1. The van der Waals surface area contributed by atoms with E-state index in [2.05, 4.69) is 10.5 Å². The molecule has 0 bridgehead atoms. The molecule has 0 fully saturated rings. The highest BCUT2D eigenvalue weighted by atomic mass is 35.5. The Balaban J connectivity index is 2.33. The van der Waals surface area contributed by atoms with E-state index in [4.69, 9.17) is 17.3 Å². The lowest BCUT2D eigenvalue weighted by atomic mass is 10.1. The van der Waals surface area contributed by atoms with Crippen molar-refractivity contribution in [2.45, 2.75) is 16.7 Å². The van der Waals surface area contributed by atoms with Gasteiger partial charge in [0.15, 0.2) is 0 Å². The smallest absolute Gasteiger partial charge is 0.332 e. The van der Waals surface area contributed by atoms with Crippen molar-refractivity contribution in [1.29, 1.82) is 0 Å². The van der Waals surface area contributed by atoms with E-state index in [9.17, 15) is 14.9 Å². The molecule has 3 N–H and O–H groups in total. The van der Waals surface area contributed by atoms with E-state index in [1.807, 2.05) is 0 Å². The SMILES string of the molecule is C/C(=N/NC(N)=O)c1ccc(Sc2ccc(Cl)cc2)c([N+](=O)[O-])c1. The monoisotopic (exact) mass is 364 g/mol. The molecule has 0 aromatic heterocycles. The number of carbonyl (C=O) groups is 1. The number of nitrogens with two attached hydrogens (primary N) is 1. The first-order valence-corrected chi connectivity index (χ1v) is 7.88. The number of carbonyl (C=O) groups excluding carboxylic acids is 1. The van der Waals surface area contributed by atoms with Gasteiger partial charge in [-0.15, -0.1) is 0 Å². The highest BCUT2D eigenvalue weighted by Crippen LogP contribution is 2.35. The lowest BCUT2D eigenvalue weighted by molar-refractivity contribution is -0.387. The Kier molecular flexibility index (Phi) is 5.78. The largest absolute Gasteiger partial charge is 0.350 e. The fourth-order valence-electron chi connectivity index (χ4n) is 1.80. The molecule has 2 aromatic rings. The van der Waals surface area contributed by atoms with Gasteiger partial charge in [0.2, 0.25) is 0 Å². The number of hydrogen-bond acceptors (Lipinski definition) is 5. The molecular formula is C15H13ClN4O3S. The summed E-state index contributed by atoms with van der Waals surface area (Å²) in [6.45, 7) is 1.61. The highest BCUT2D eigenvalue weighted by molar-refractivity contribution is 7.99. The van der Waals surface area contributed by atoms with Crippen molar-refractivity contribution in [3.8, 4) is 0 Å². The Morgan fingerprint density at radius 2 is 1.96 bits per heavy atom. The number of benzene rings is 2. The first kappa shape index (κ1) is 17.8. The summed E-state index contributed by atoms with van der Waals surface area (Å²) in [5.41, 5.74) is 7.89. The predicted octanol–water partition coefficient (Wildman–Crippen LogP) is 3.79. The molecule has 0 saturated carbocycles. The zero-order valence-corrected chi connectivity index (χ0v) is 14.1. The van der Waals surface area contributed by atoms with E-state index >= 15 is 0 Å². The summed E-state index contributed by atoms with van der Waals surface area (Å²) < 4.78 is 0. The summed E-state index contributed by atoms with van der Waals surface area (Å²) in [7, 11) is 0. The number of amides is 2. The van der Waals surface area contributed by atoms with Crippen molar-refractivity contribution in [3.05, 3.63) is 63.2 Å². The van der Waals surface area contributed by atoms with Gasteiger partial charge >= 0.3 is 6.03 Å². The molecule has 0 saturated heterocycles. The third kappa shape index (κ3) is 4.71. The van der Waals surface area contributed by atoms with Crippen LogP contribution in [0, 0.1) is 10.1 Å². The Bertz CT molecular complexity index is 809. The number of nitro groups is 1. The number of primary amides is 1. The van der Waals surface area contributed by atoms with Crippen LogP contribution in [0.1, 0.15) is 12.5 Å². The quantitative estimate of drug-likeness (QED) is 0.477. The Morgan fingerprint density at radius 3 is 2.54 bits per heavy atom. The van der Waals surface area contributed by atoms with E-state index in [1.165, 1.54) is 17.8 Å². The van der Waals surface area contributed by atoms with Gasteiger partial charge in [0, 0.05) is 21.5 Å². The molecule has 0 radical (unpaired) electrons. The van der Waals surface area contributed by atoms with Crippen LogP contribution in [-0.4, -0.2) is 16.7 Å². The normalized spacial score (nSPS) is 11.2. The highest BCUT2D eigenvalue weighted by Gasteiger charge is 2.17. The van der Waals surface area contributed by atoms with E-state index in [-0.39, 0.29) is 5.69 Å². The maximum atomic E-state index is 11.3. The topological polar surface area (TPSA) is 111 Å². The fourth-order valence-corrected chi connectivity index (χ4v) is 2.83. The Hall–Kier alpha value is -2.58. The van der Waals surface area contributed by atoms with Crippen molar-refractivity contribution >= 4 is 40.8 Å². The fraction of sp³-hybridized carbons (Fsp3) is 0.0667. The van der Waals surface area contributed by atoms with Gasteiger partial charge in [-0.05, 0) is 37.3 Å². The van der Waals surface area contributed by atoms with Crippen molar-refractivity contribution in [2.24, 2.45) is 10.8 Å². The second-order valence-corrected chi connectivity index (χ2v) is 6.22. The molecule has 7 nitrogen and oxygen atoms in total. The molecule has 0 aliphatic heterocycles. The average molecular weight is 365 g/mol. The zero-order chi connectivity index (χ0) is 17.7. The minimum absolute atomic E-state index is 0.0546. The molecule has 0 aliphatic rings. The molecule has 2 rings (SSSR count). The Labute approximate surface area is 147 Å². The van der Waals surface area contributed by atoms with Crippen molar-refractivity contribution in [3.63, 3.8) is 0 Å². The second kappa shape index (κ2) is 7.80. The molecule has 0 atom stereocenters. The van der Waals surface area contributed by atoms with Crippen LogP contribution >= 0.6 is 23.4 Å². The van der Waals surface area contributed by atoms with Gasteiger partial charge in [0.05, 0.1) is 15.5 Å². The van der Waals surface area contributed by atoms with Crippen LogP contribution in [0.4, 0.5) is 10.5 Å². The predicted molar refractivity (Wildman–Crippen MR) is 93.6 cm³/mol. The molecule has 0 spiro atoms. The lowest BCUT2D eigenvalue weighted by Crippen LogP contribution is -2.25. The standard InChI is InChI=1S/C15H13ClN4O3S/c1-9(18-19-15(17)21)10-2-7-14(13(8-10)20(22)23)24-12-5-3-11(16)4-6-12/h2-8H,1H3,(H3,17,19,21)/b18-9-. The number of urea groups is 1. The molecule has 9 heteroatoms. The van der Waals surface area contributed by atoms with Crippen LogP contribution < -0.4 is 11.2 Å². The van der Waals surface area contributed by atoms with E-state index in [1.54, 1.807) is 43.3 Å². The molecule has 24 heavy (non-hydrogen) atoms.